The number of phenols is 1. The second-order valence-corrected chi connectivity index (χ2v) is 7.39. The first-order chi connectivity index (χ1) is 15.4. The molecule has 1 amide bonds. The summed E-state index contributed by atoms with van der Waals surface area (Å²) in [6.45, 7) is 0. The lowest BCUT2D eigenvalue weighted by atomic mass is 9.94. The van der Waals surface area contributed by atoms with Crippen LogP contribution < -0.4 is 4.90 Å². The summed E-state index contributed by atoms with van der Waals surface area (Å²) >= 11 is 0. The Labute approximate surface area is 181 Å². The van der Waals surface area contributed by atoms with E-state index in [4.69, 9.17) is 4.42 Å². The van der Waals surface area contributed by atoms with Crippen molar-refractivity contribution < 1.29 is 28.6 Å². The Morgan fingerprint density at radius 2 is 1.62 bits per heavy atom. The molecule has 2 N–H and O–H groups in total. The molecular formula is C25H16FNO5. The molecule has 1 atom stereocenters. The van der Waals surface area contributed by atoms with E-state index in [1.807, 2.05) is 0 Å². The first-order valence-corrected chi connectivity index (χ1v) is 9.78. The van der Waals surface area contributed by atoms with Crippen LogP contribution in [0, 0.1) is 5.82 Å². The topological polar surface area (TPSA) is 91.0 Å². The maximum atomic E-state index is 13.5. The standard InChI is InChI=1S/C25H16FNO5/c26-16-7-9-17(10-8-16)27-22(14-5-11-18(28)12-6-14)21(24(30)25(27)31)23(29)20-13-15-3-1-2-4-19(15)32-20/h1-13,22,28,30H. The van der Waals surface area contributed by atoms with Gasteiger partial charge in [-0.2, -0.15) is 0 Å². The summed E-state index contributed by atoms with van der Waals surface area (Å²) < 4.78 is 19.2. The number of carbonyl (C=O) groups is 2. The van der Waals surface area contributed by atoms with Crippen molar-refractivity contribution in [1.29, 1.82) is 0 Å². The molecule has 2 heterocycles. The highest BCUT2D eigenvalue weighted by Crippen LogP contribution is 2.42. The molecule has 0 spiro atoms. The molecule has 0 radical (unpaired) electrons. The maximum Gasteiger partial charge on any atom is 0.294 e. The van der Waals surface area contributed by atoms with Crippen LogP contribution in [-0.4, -0.2) is 21.9 Å². The Bertz CT molecular complexity index is 1350. The number of hydrogen-bond acceptors (Lipinski definition) is 5. The predicted molar refractivity (Wildman–Crippen MR) is 115 cm³/mol. The van der Waals surface area contributed by atoms with Gasteiger partial charge in [0.05, 0.1) is 11.6 Å². The molecule has 1 aliphatic rings. The lowest BCUT2D eigenvalue weighted by Gasteiger charge is -2.26. The fourth-order valence-corrected chi connectivity index (χ4v) is 3.90. The number of Topliss-reactive ketones (excluding diaryl/α,β-unsaturated/α-hetero) is 1. The third-order valence-electron chi connectivity index (χ3n) is 5.42. The normalized spacial score (nSPS) is 16.2. The van der Waals surface area contributed by atoms with E-state index >= 15 is 0 Å². The maximum absolute atomic E-state index is 13.5. The third kappa shape index (κ3) is 3.11. The van der Waals surface area contributed by atoms with Gasteiger partial charge in [0, 0.05) is 11.1 Å². The number of ketones is 1. The Morgan fingerprint density at radius 3 is 2.31 bits per heavy atom. The molecular weight excluding hydrogens is 413 g/mol. The summed E-state index contributed by atoms with van der Waals surface area (Å²) in [5.74, 6) is -2.66. The zero-order valence-corrected chi connectivity index (χ0v) is 16.5. The van der Waals surface area contributed by atoms with Crippen LogP contribution in [0.4, 0.5) is 10.1 Å². The van der Waals surface area contributed by atoms with Crippen LogP contribution in [0.1, 0.15) is 22.2 Å². The second-order valence-electron chi connectivity index (χ2n) is 7.39. The van der Waals surface area contributed by atoms with Crippen LogP contribution in [-0.2, 0) is 4.79 Å². The van der Waals surface area contributed by atoms with Crippen molar-refractivity contribution in [3.05, 3.63) is 107 Å². The fourth-order valence-electron chi connectivity index (χ4n) is 3.90. The molecule has 1 aromatic heterocycles. The van der Waals surface area contributed by atoms with E-state index in [-0.39, 0.29) is 17.1 Å². The summed E-state index contributed by atoms with van der Waals surface area (Å²) in [5.41, 5.74) is 1.11. The molecule has 5 rings (SSSR count). The molecule has 1 aliphatic heterocycles. The van der Waals surface area contributed by atoms with Gasteiger partial charge in [-0.3, -0.25) is 14.5 Å². The Morgan fingerprint density at radius 1 is 0.938 bits per heavy atom. The van der Waals surface area contributed by atoms with E-state index in [9.17, 15) is 24.2 Å². The number of hydrogen-bond donors (Lipinski definition) is 2. The first-order valence-electron chi connectivity index (χ1n) is 9.78. The average Bonchev–Trinajstić information content (AvgIpc) is 3.34. The van der Waals surface area contributed by atoms with Gasteiger partial charge in [-0.05, 0) is 54.1 Å². The van der Waals surface area contributed by atoms with Gasteiger partial charge in [0.1, 0.15) is 17.1 Å². The van der Waals surface area contributed by atoms with Crippen LogP contribution in [0.15, 0.2) is 94.6 Å². The molecule has 0 saturated carbocycles. The number of para-hydroxylation sites is 1. The number of benzene rings is 3. The molecule has 32 heavy (non-hydrogen) atoms. The molecule has 0 saturated heterocycles. The van der Waals surface area contributed by atoms with Crippen molar-refractivity contribution in [1.82, 2.24) is 0 Å². The average molecular weight is 429 g/mol. The number of nitrogens with zero attached hydrogens (tertiary/aromatic N) is 1. The Kier molecular flexibility index (Phi) is 4.52. The Balaban J connectivity index is 1.66. The summed E-state index contributed by atoms with van der Waals surface area (Å²) in [6.07, 6.45) is 0. The number of carbonyl (C=O) groups excluding carboxylic acids is 2. The van der Waals surface area contributed by atoms with Gasteiger partial charge in [-0.25, -0.2) is 4.39 Å². The third-order valence-corrected chi connectivity index (χ3v) is 5.42. The van der Waals surface area contributed by atoms with Gasteiger partial charge >= 0.3 is 0 Å². The van der Waals surface area contributed by atoms with Crippen molar-refractivity contribution in [2.75, 3.05) is 4.90 Å². The molecule has 4 aromatic rings. The SMILES string of the molecule is O=C(C1=C(O)C(=O)N(c2ccc(F)cc2)C1c1ccc(O)cc1)c1cc2ccccc2o1. The van der Waals surface area contributed by atoms with E-state index < -0.39 is 29.3 Å². The summed E-state index contributed by atoms with van der Waals surface area (Å²) in [7, 11) is 0. The number of furan rings is 1. The fraction of sp³-hybridized carbons (Fsp3) is 0.0400. The van der Waals surface area contributed by atoms with Gasteiger partial charge in [0.25, 0.3) is 5.91 Å². The molecule has 0 aliphatic carbocycles. The highest BCUT2D eigenvalue weighted by molar-refractivity contribution is 6.20. The molecule has 1 unspecified atom stereocenters. The zero-order chi connectivity index (χ0) is 22.4. The van der Waals surface area contributed by atoms with Crippen LogP contribution >= 0.6 is 0 Å². The lowest BCUT2D eigenvalue weighted by molar-refractivity contribution is -0.117. The molecule has 3 aromatic carbocycles. The van der Waals surface area contributed by atoms with Gasteiger partial charge < -0.3 is 14.6 Å². The minimum absolute atomic E-state index is 0.00441. The van der Waals surface area contributed by atoms with Crippen molar-refractivity contribution >= 4 is 28.3 Å². The second kappa shape index (κ2) is 7.39. The number of aliphatic hydroxyl groups excluding tert-OH is 1. The number of fused-ring (bicyclic) bond motifs is 1. The number of aromatic hydroxyl groups is 1. The van der Waals surface area contributed by atoms with E-state index in [0.717, 1.165) is 0 Å². The smallest absolute Gasteiger partial charge is 0.294 e. The van der Waals surface area contributed by atoms with Crippen molar-refractivity contribution in [3.8, 4) is 5.75 Å². The van der Waals surface area contributed by atoms with Crippen LogP contribution in [0.5, 0.6) is 5.75 Å². The first kappa shape index (κ1) is 19.6. The van der Waals surface area contributed by atoms with E-state index in [1.165, 1.54) is 41.3 Å². The van der Waals surface area contributed by atoms with Gasteiger partial charge in [-0.15, -0.1) is 0 Å². The summed E-state index contributed by atoms with van der Waals surface area (Å²) in [6, 6.07) is 18.7. The van der Waals surface area contributed by atoms with Crippen LogP contribution in [0.3, 0.4) is 0 Å². The van der Waals surface area contributed by atoms with Crippen molar-refractivity contribution in [2.45, 2.75) is 6.04 Å². The number of rotatable bonds is 4. The van der Waals surface area contributed by atoms with Crippen LogP contribution in [0.25, 0.3) is 11.0 Å². The highest BCUT2D eigenvalue weighted by atomic mass is 19.1. The minimum atomic E-state index is -1.01. The lowest BCUT2D eigenvalue weighted by Crippen LogP contribution is -2.31. The molecule has 7 heteroatoms. The Hall–Kier alpha value is -4.39. The summed E-state index contributed by atoms with van der Waals surface area (Å²) in [5, 5.41) is 21.1. The molecule has 6 nitrogen and oxygen atoms in total. The van der Waals surface area contributed by atoms with Crippen molar-refractivity contribution in [2.24, 2.45) is 0 Å². The monoisotopic (exact) mass is 429 g/mol. The van der Waals surface area contributed by atoms with E-state index in [0.29, 0.717) is 22.2 Å². The molecule has 0 bridgehead atoms. The minimum Gasteiger partial charge on any atom is -0.508 e. The van der Waals surface area contributed by atoms with E-state index in [2.05, 4.69) is 0 Å². The van der Waals surface area contributed by atoms with E-state index in [1.54, 1.807) is 42.5 Å². The zero-order valence-electron chi connectivity index (χ0n) is 16.5. The van der Waals surface area contributed by atoms with Gasteiger partial charge in [0.2, 0.25) is 5.78 Å². The number of amides is 1. The molecule has 0 fully saturated rings. The van der Waals surface area contributed by atoms with Gasteiger partial charge in [-0.1, -0.05) is 30.3 Å². The molecule has 158 valence electrons. The van der Waals surface area contributed by atoms with Gasteiger partial charge in [0.15, 0.2) is 11.5 Å². The largest absolute Gasteiger partial charge is 0.508 e. The number of anilines is 1. The number of halogens is 1. The van der Waals surface area contributed by atoms with Crippen molar-refractivity contribution in [3.63, 3.8) is 0 Å². The quantitative estimate of drug-likeness (QED) is 0.443. The van der Waals surface area contributed by atoms with Crippen LogP contribution in [0.2, 0.25) is 0 Å². The predicted octanol–water partition coefficient (Wildman–Crippen LogP) is 5.06. The number of aliphatic hydroxyl groups is 1. The summed E-state index contributed by atoms with van der Waals surface area (Å²) in [4.78, 5) is 27.7. The highest BCUT2D eigenvalue weighted by Gasteiger charge is 2.45. The number of phenolic OH excluding ortho intramolecular Hbond substituents is 1.